The van der Waals surface area contributed by atoms with Gasteiger partial charge < -0.3 is 10.1 Å². The first-order valence-corrected chi connectivity index (χ1v) is 8.73. The van der Waals surface area contributed by atoms with Crippen LogP contribution >= 0.6 is 0 Å². The van der Waals surface area contributed by atoms with Gasteiger partial charge in [0.15, 0.2) is 0 Å². The summed E-state index contributed by atoms with van der Waals surface area (Å²) in [7, 11) is 1.86. The van der Waals surface area contributed by atoms with Crippen molar-refractivity contribution in [2.24, 2.45) is 7.05 Å². The van der Waals surface area contributed by atoms with Crippen LogP contribution in [-0.2, 0) is 7.05 Å². The van der Waals surface area contributed by atoms with Gasteiger partial charge in [0, 0.05) is 36.0 Å². The summed E-state index contributed by atoms with van der Waals surface area (Å²) in [6.45, 7) is -2.91. The van der Waals surface area contributed by atoms with Crippen LogP contribution in [0.5, 0.6) is 5.75 Å². The third-order valence-corrected chi connectivity index (χ3v) is 4.34. The van der Waals surface area contributed by atoms with E-state index in [4.69, 9.17) is 0 Å². The third kappa shape index (κ3) is 4.21. The molecule has 0 aliphatic heterocycles. The average Bonchev–Trinajstić information content (AvgIpc) is 3.14. The number of hydrogen-bond acceptors (Lipinski definition) is 4. The van der Waals surface area contributed by atoms with Crippen molar-refractivity contribution in [2.75, 3.05) is 5.32 Å². The summed E-state index contributed by atoms with van der Waals surface area (Å²) in [5.41, 5.74) is 2.30. The fraction of sp³-hybridized carbons (Fsp3) is 0.0952. The first kappa shape index (κ1) is 18.5. The number of hydrogen-bond donors (Lipinski definition) is 1. The Balaban J connectivity index is 1.55. The Bertz CT molecular complexity index is 1170. The summed E-state index contributed by atoms with van der Waals surface area (Å²) >= 11 is 0. The molecule has 0 unspecified atom stereocenters. The number of fused-ring (bicyclic) bond motifs is 1. The molecule has 4 aromatic rings. The molecule has 4 rings (SSSR count). The summed E-state index contributed by atoms with van der Waals surface area (Å²) in [6.07, 6.45) is 5.39. The molecule has 0 saturated carbocycles. The van der Waals surface area contributed by atoms with Gasteiger partial charge in [0.25, 0.3) is 5.91 Å². The minimum atomic E-state index is -2.91. The highest BCUT2D eigenvalue weighted by Crippen LogP contribution is 2.25. The highest BCUT2D eigenvalue weighted by Gasteiger charge is 2.10. The van der Waals surface area contributed by atoms with Crippen LogP contribution in [0.3, 0.4) is 0 Å². The number of anilines is 1. The van der Waals surface area contributed by atoms with Gasteiger partial charge in [-0.15, -0.1) is 0 Å². The van der Waals surface area contributed by atoms with Gasteiger partial charge in [0.1, 0.15) is 11.6 Å². The van der Waals surface area contributed by atoms with Crippen LogP contribution in [-0.4, -0.2) is 27.3 Å². The maximum Gasteiger partial charge on any atom is 0.387 e. The van der Waals surface area contributed by atoms with Crippen molar-refractivity contribution in [1.82, 2.24) is 14.8 Å². The molecular weight excluding hydrogens is 378 g/mol. The van der Waals surface area contributed by atoms with Gasteiger partial charge in [-0.3, -0.25) is 9.48 Å². The summed E-state index contributed by atoms with van der Waals surface area (Å²) in [5, 5.41) is 8.75. The monoisotopic (exact) mass is 394 g/mol. The van der Waals surface area contributed by atoms with Crippen LogP contribution in [0.15, 0.2) is 67.1 Å². The number of carbonyl (C=O) groups is 1. The zero-order valence-electron chi connectivity index (χ0n) is 15.3. The highest BCUT2D eigenvalue weighted by molar-refractivity contribution is 6.04. The minimum Gasteiger partial charge on any atom is -0.435 e. The average molecular weight is 394 g/mol. The minimum absolute atomic E-state index is 0.0108. The van der Waals surface area contributed by atoms with Gasteiger partial charge in [-0.1, -0.05) is 12.1 Å². The van der Waals surface area contributed by atoms with Gasteiger partial charge in [-0.2, -0.15) is 13.9 Å². The molecule has 0 atom stereocenters. The second-order valence-electron chi connectivity index (χ2n) is 6.39. The van der Waals surface area contributed by atoms with Gasteiger partial charge in [-0.25, -0.2) is 4.98 Å². The van der Waals surface area contributed by atoms with Crippen LogP contribution in [0.2, 0.25) is 0 Å². The topological polar surface area (TPSA) is 69.0 Å². The number of ether oxygens (including phenoxy) is 1. The van der Waals surface area contributed by atoms with E-state index in [0.29, 0.717) is 11.4 Å². The zero-order chi connectivity index (χ0) is 20.4. The molecule has 0 aliphatic rings. The van der Waals surface area contributed by atoms with E-state index in [1.807, 2.05) is 31.4 Å². The van der Waals surface area contributed by atoms with Crippen molar-refractivity contribution >= 4 is 22.5 Å². The Kier molecular flexibility index (Phi) is 4.90. The Morgan fingerprint density at radius 3 is 2.52 bits per heavy atom. The molecule has 0 spiro atoms. The number of benzene rings is 2. The molecule has 8 heteroatoms. The predicted octanol–water partition coefficient (Wildman–Crippen LogP) is 4.49. The van der Waals surface area contributed by atoms with Crippen molar-refractivity contribution in [3.63, 3.8) is 0 Å². The standard InChI is InChI=1S/C21H16F2N4O2/c1-27-12-17(11-25-27)14-2-3-15-10-24-19(9-16(15)8-14)26-20(28)13-4-6-18(7-5-13)29-21(22)23/h2-12,21H,1H3,(H,24,26,28). The van der Waals surface area contributed by atoms with Crippen LogP contribution in [0.4, 0.5) is 14.6 Å². The zero-order valence-corrected chi connectivity index (χ0v) is 15.3. The SMILES string of the molecule is Cn1cc(-c2ccc3cnc(NC(=O)c4ccc(OC(F)F)cc4)cc3c2)cn1. The smallest absolute Gasteiger partial charge is 0.387 e. The number of alkyl halides is 2. The van der Waals surface area contributed by atoms with E-state index in [0.717, 1.165) is 21.9 Å². The Labute approximate surface area is 164 Å². The molecule has 0 fully saturated rings. The van der Waals surface area contributed by atoms with Crippen LogP contribution in [0.1, 0.15) is 10.4 Å². The summed E-state index contributed by atoms with van der Waals surface area (Å²) in [4.78, 5) is 16.7. The van der Waals surface area contributed by atoms with Crippen molar-refractivity contribution in [1.29, 1.82) is 0 Å². The number of rotatable bonds is 5. The van der Waals surface area contributed by atoms with Gasteiger partial charge >= 0.3 is 6.61 Å². The normalized spacial score (nSPS) is 11.0. The van der Waals surface area contributed by atoms with Gasteiger partial charge in [-0.05, 0) is 47.3 Å². The lowest BCUT2D eigenvalue weighted by atomic mass is 10.1. The largest absolute Gasteiger partial charge is 0.435 e. The van der Waals surface area contributed by atoms with E-state index in [1.165, 1.54) is 24.3 Å². The second-order valence-corrected chi connectivity index (χ2v) is 6.39. The van der Waals surface area contributed by atoms with E-state index < -0.39 is 12.5 Å². The van der Waals surface area contributed by atoms with Gasteiger partial charge in [0.2, 0.25) is 0 Å². The van der Waals surface area contributed by atoms with Crippen LogP contribution in [0.25, 0.3) is 21.9 Å². The molecule has 1 N–H and O–H groups in total. The van der Waals surface area contributed by atoms with E-state index >= 15 is 0 Å². The molecule has 0 aliphatic carbocycles. The van der Waals surface area contributed by atoms with E-state index in [1.54, 1.807) is 23.1 Å². The molecule has 0 bridgehead atoms. The quantitative estimate of drug-likeness (QED) is 0.542. The molecule has 0 radical (unpaired) electrons. The number of nitrogens with zero attached hydrogens (tertiary/aromatic N) is 3. The highest BCUT2D eigenvalue weighted by atomic mass is 19.3. The maximum atomic E-state index is 12.4. The van der Waals surface area contributed by atoms with Crippen molar-refractivity contribution in [3.05, 3.63) is 72.7 Å². The lowest BCUT2D eigenvalue weighted by Gasteiger charge is -2.08. The first-order chi connectivity index (χ1) is 14.0. The number of carbonyl (C=O) groups excluding carboxylic acids is 1. The van der Waals surface area contributed by atoms with Crippen molar-refractivity contribution in [2.45, 2.75) is 6.61 Å². The number of aromatic nitrogens is 3. The number of pyridine rings is 1. The molecule has 6 nitrogen and oxygen atoms in total. The van der Waals surface area contributed by atoms with Crippen molar-refractivity contribution < 1.29 is 18.3 Å². The lowest BCUT2D eigenvalue weighted by Crippen LogP contribution is -2.13. The fourth-order valence-corrected chi connectivity index (χ4v) is 2.94. The Morgan fingerprint density at radius 1 is 1.03 bits per heavy atom. The number of halogens is 2. The summed E-state index contributed by atoms with van der Waals surface area (Å²) in [5.74, 6) is -0.0223. The number of amides is 1. The summed E-state index contributed by atoms with van der Waals surface area (Å²) < 4.78 is 30.4. The predicted molar refractivity (Wildman–Crippen MR) is 105 cm³/mol. The summed E-state index contributed by atoms with van der Waals surface area (Å²) in [6, 6.07) is 13.2. The molecule has 2 heterocycles. The molecule has 29 heavy (non-hydrogen) atoms. The maximum absolute atomic E-state index is 12.4. The van der Waals surface area contributed by atoms with Gasteiger partial charge in [0.05, 0.1) is 6.20 Å². The van der Waals surface area contributed by atoms with E-state index in [9.17, 15) is 13.6 Å². The molecule has 146 valence electrons. The van der Waals surface area contributed by atoms with Crippen molar-refractivity contribution in [3.8, 4) is 16.9 Å². The molecule has 0 saturated heterocycles. The lowest BCUT2D eigenvalue weighted by molar-refractivity contribution is -0.0498. The third-order valence-electron chi connectivity index (χ3n) is 4.34. The van der Waals surface area contributed by atoms with E-state index in [-0.39, 0.29) is 5.75 Å². The second kappa shape index (κ2) is 7.67. The molecule has 1 amide bonds. The number of aryl methyl sites for hydroxylation is 1. The van der Waals surface area contributed by atoms with E-state index in [2.05, 4.69) is 20.1 Å². The molecule has 2 aromatic carbocycles. The Hall–Kier alpha value is -3.81. The first-order valence-electron chi connectivity index (χ1n) is 8.73. The van der Waals surface area contributed by atoms with Crippen LogP contribution < -0.4 is 10.1 Å². The fourth-order valence-electron chi connectivity index (χ4n) is 2.94. The Morgan fingerprint density at radius 2 is 1.83 bits per heavy atom. The van der Waals surface area contributed by atoms with Crippen LogP contribution in [0, 0.1) is 0 Å². The molecular formula is C21H16F2N4O2. The number of nitrogens with one attached hydrogen (secondary N) is 1. The molecule has 2 aromatic heterocycles.